The fourth-order valence-electron chi connectivity index (χ4n) is 16.0. The molecule has 0 amide bonds. The molecule has 0 atom stereocenters. The molecule has 0 bridgehead atoms. The summed E-state index contributed by atoms with van der Waals surface area (Å²) in [5.41, 5.74) is 27.6. The van der Waals surface area contributed by atoms with E-state index in [1.165, 1.54) is 92.4 Å². The number of aromatic nitrogens is 8. The van der Waals surface area contributed by atoms with Crippen LogP contribution in [-0.2, 0) is 93.3 Å². The Morgan fingerprint density at radius 2 is 0.469 bits per heavy atom. The molecule has 8 aromatic heterocycles. The molecule has 0 unspecified atom stereocenters. The third kappa shape index (κ3) is 39.0. The molecule has 0 aliphatic carbocycles. The van der Waals surface area contributed by atoms with Crippen molar-refractivity contribution in [1.29, 1.82) is 0 Å². The normalized spacial score (nSPS) is 11.3. The molecule has 0 saturated carbocycles. The Hall–Kier alpha value is -8.71. The van der Waals surface area contributed by atoms with Crippen molar-refractivity contribution in [1.82, 2.24) is 39.9 Å². The average molecular weight is 2760 g/mol. The van der Waals surface area contributed by atoms with Crippen LogP contribution in [0.25, 0.3) is 90.1 Å². The third-order valence-corrected chi connectivity index (χ3v) is 40.9. The van der Waals surface area contributed by atoms with Crippen LogP contribution < -0.4 is 41.5 Å². The summed E-state index contributed by atoms with van der Waals surface area (Å²) in [6, 6.07) is 108. The molecule has 0 N–H and O–H groups in total. The zero-order chi connectivity index (χ0) is 103. The van der Waals surface area contributed by atoms with E-state index in [0.717, 1.165) is 103 Å². The first-order chi connectivity index (χ1) is 66.3. The molecule has 0 aliphatic rings. The number of nitrogens with zero attached hydrogens (tertiary/aromatic N) is 8. The van der Waals surface area contributed by atoms with Crippen LogP contribution in [0.2, 0.25) is 157 Å². The van der Waals surface area contributed by atoms with Gasteiger partial charge in [0.25, 0.3) is 0 Å². The van der Waals surface area contributed by atoms with E-state index in [0.29, 0.717) is 5.92 Å². The van der Waals surface area contributed by atoms with Crippen molar-refractivity contribution < 1.29 is 80.4 Å². The van der Waals surface area contributed by atoms with Gasteiger partial charge in [-0.05, 0) is 113 Å². The van der Waals surface area contributed by atoms with E-state index in [4.69, 9.17) is 9.97 Å². The molecule has 770 valence electrons. The minimum Gasteiger partial charge on any atom is -0.305 e. The number of hydrogen-bond donors (Lipinski definition) is 0. The van der Waals surface area contributed by atoms with E-state index in [2.05, 4.69) is 420 Å². The minimum absolute atomic E-state index is 0. The molecule has 4 radical (unpaired) electrons. The fourth-order valence-corrected chi connectivity index (χ4v) is 26.8. The van der Waals surface area contributed by atoms with Gasteiger partial charge in [-0.15, -0.1) is 285 Å². The molecule has 8 nitrogen and oxygen atoms in total. The molecule has 0 saturated heterocycles. The van der Waals surface area contributed by atoms with Crippen LogP contribution in [-0.4, -0.2) is 104 Å². The Morgan fingerprint density at radius 1 is 0.228 bits per heavy atom. The molecule has 0 spiro atoms. The third-order valence-electron chi connectivity index (χ3n) is 24.5. The summed E-state index contributed by atoms with van der Waals surface area (Å²) < 4.78 is 0. The van der Waals surface area contributed by atoms with Crippen molar-refractivity contribution in [2.45, 2.75) is 245 Å². The van der Waals surface area contributed by atoms with Gasteiger partial charge in [0.1, 0.15) is 0 Å². The monoisotopic (exact) mass is 2760 g/mol. The van der Waals surface area contributed by atoms with Crippen LogP contribution in [0.3, 0.4) is 0 Å². The number of aryl methyl sites for hydroxylation is 7. The molecule has 0 aliphatic heterocycles. The second-order valence-corrected chi connectivity index (χ2v) is 85.5. The van der Waals surface area contributed by atoms with Gasteiger partial charge in [0.15, 0.2) is 0 Å². The van der Waals surface area contributed by atoms with Crippen molar-refractivity contribution >= 4 is 106 Å². The fraction of sp³-hybridized carbons (Fsp3) is 0.296. The summed E-state index contributed by atoms with van der Waals surface area (Å²) >= 11 is 0. The van der Waals surface area contributed by atoms with Crippen LogP contribution in [0.5, 0.6) is 0 Å². The Kier molecular flexibility index (Phi) is 50.6. The van der Waals surface area contributed by atoms with Crippen LogP contribution >= 0.6 is 0 Å². The van der Waals surface area contributed by atoms with Crippen molar-refractivity contribution in [2.75, 3.05) is 0 Å². The predicted molar refractivity (Wildman–Crippen MR) is 633 cm³/mol. The first-order valence-corrected chi connectivity index (χ1v) is 78.0. The van der Waals surface area contributed by atoms with Gasteiger partial charge in [0, 0.05) is 130 Å². The van der Waals surface area contributed by atoms with Crippen molar-refractivity contribution in [3.05, 3.63) is 385 Å². The zero-order valence-corrected chi connectivity index (χ0v) is 110. The molecule has 145 heavy (non-hydrogen) atoms. The Bertz CT molecular complexity index is 6240. The van der Waals surface area contributed by atoms with Crippen molar-refractivity contribution in [3.8, 4) is 90.1 Å². The van der Waals surface area contributed by atoms with E-state index in [-0.39, 0.29) is 80.4 Å². The minimum atomic E-state index is -1.35. The maximum atomic E-state index is 4.72. The average Bonchev–Trinajstić information content (AvgIpc) is 0.749. The van der Waals surface area contributed by atoms with Gasteiger partial charge in [-0.25, -0.2) is 0 Å². The standard InChI is InChI=1S/2C18H24NSi.C17H22NSi.C16H20NSi.4C14H16NSi.4Ir/c1-13(2)16-11-17(15-10-8-7-9-14(15)3)19-12-18(16)20(4,5)6;1-6-9-15-12-17(16-11-8-7-10-14(16)2)19-13-18(15)20(3,4)5;1-6-14-11-16(15-10-8-7-9-13(15)2)18-12-17(14)19(3,4)5;1-12-8-6-7-9-14(12)15-10-13(2)16(11-17-15)18(3,4)5;4*1-16(2,3)13-9-10-14(15-11-13)12-7-5-4-6-8-12;;;;/h7-9,11-13H,1-6H3;7-8,10,12-13H,6,9H2,1-5H3;7-9,11-12H,6H2,1-5H3;6-8,10-11H,1-5H3;4*4-7,9-11H,1-3H3;;;;/q8*-1;;;;. The SMILES string of the molecule is CCCc1cc(-c2[c-]cccc2C)ncc1[Si](C)(C)C.CCc1cc(-c2[c-]cccc2C)ncc1[Si](C)(C)C.C[Si](C)(C)c1ccc(-c2[c-]cccc2)nc1.C[Si](C)(C)c1ccc(-c2[c-]cccc2)nc1.C[Si](C)(C)c1ccc(-c2[c-]cccc2)nc1.C[Si](C)(C)c1ccc(-c2[c-]cccc2)nc1.Cc1ccc[c-]c1-c1cc(C(C)C)c([Si](C)(C)C)cn1.Cc1ccc[c-]c1-c1cc(C)c([Si](C)(C)C)cn1.[Ir].[Ir].[Ir].[Ir]. The first kappa shape index (κ1) is 127. The molecule has 8 aromatic carbocycles. The Balaban J connectivity index is 0.000000291. The molecule has 16 rings (SSSR count). The Morgan fingerprint density at radius 3 is 0.690 bits per heavy atom. The van der Waals surface area contributed by atoms with Crippen molar-refractivity contribution in [2.24, 2.45) is 0 Å². The van der Waals surface area contributed by atoms with E-state index in [1.807, 2.05) is 170 Å². The molecular weight excluding hydrogens is 2610 g/mol. The molecule has 20 heteroatoms. The molecule has 16 aromatic rings. The summed E-state index contributed by atoms with van der Waals surface area (Å²) in [6.45, 7) is 76.2. The summed E-state index contributed by atoms with van der Waals surface area (Å²) in [7, 11) is -10.2. The second-order valence-electron chi connectivity index (χ2n) is 45.0. The van der Waals surface area contributed by atoms with Gasteiger partial charge in [-0.3, -0.25) is 0 Å². The van der Waals surface area contributed by atoms with Crippen LogP contribution in [0.1, 0.15) is 84.5 Å². The number of pyridine rings is 8. The van der Waals surface area contributed by atoms with E-state index < -0.39 is 64.6 Å². The van der Waals surface area contributed by atoms with Gasteiger partial charge >= 0.3 is 0 Å². The van der Waals surface area contributed by atoms with E-state index in [9.17, 15) is 0 Å². The van der Waals surface area contributed by atoms with Gasteiger partial charge < -0.3 is 39.9 Å². The Labute approximate surface area is 937 Å². The van der Waals surface area contributed by atoms with Crippen LogP contribution in [0.15, 0.2) is 292 Å². The van der Waals surface area contributed by atoms with E-state index >= 15 is 0 Å². The summed E-state index contributed by atoms with van der Waals surface area (Å²) in [6.07, 6.45) is 19.8. The number of hydrogen-bond acceptors (Lipinski definition) is 8. The molecule has 8 heterocycles. The number of rotatable bonds is 20. The summed E-state index contributed by atoms with van der Waals surface area (Å²) in [5, 5.41) is 11.5. The van der Waals surface area contributed by atoms with Gasteiger partial charge in [-0.1, -0.05) is 314 Å². The quantitative estimate of drug-likeness (QED) is 0.0549. The smallest absolute Gasteiger partial charge is 0.0799 e. The van der Waals surface area contributed by atoms with Gasteiger partial charge in [0.2, 0.25) is 0 Å². The van der Waals surface area contributed by atoms with E-state index in [1.54, 1.807) is 0 Å². The topological polar surface area (TPSA) is 103 Å². The number of benzene rings is 8. The first-order valence-electron chi connectivity index (χ1n) is 50.0. The second kappa shape index (κ2) is 57.9. The predicted octanol–water partition coefficient (Wildman–Crippen LogP) is 28.9. The summed E-state index contributed by atoms with van der Waals surface area (Å²) in [4.78, 5) is 36.8. The van der Waals surface area contributed by atoms with Crippen molar-refractivity contribution in [3.63, 3.8) is 0 Å². The molecular formula is C125H154Ir4N8Si8-8. The van der Waals surface area contributed by atoms with Gasteiger partial charge in [0.05, 0.1) is 64.6 Å². The van der Waals surface area contributed by atoms with Crippen LogP contribution in [0.4, 0.5) is 0 Å². The maximum absolute atomic E-state index is 4.72. The van der Waals surface area contributed by atoms with Gasteiger partial charge in [-0.2, -0.15) is 0 Å². The maximum Gasteiger partial charge on any atom is 0.0799 e. The largest absolute Gasteiger partial charge is 0.305 e. The van der Waals surface area contributed by atoms with Crippen LogP contribution in [0, 0.1) is 83.1 Å². The zero-order valence-electron chi connectivity index (χ0n) is 92.3. The molecule has 0 fully saturated rings. The summed E-state index contributed by atoms with van der Waals surface area (Å²) in [5.74, 6) is 0.530.